The van der Waals surface area contributed by atoms with E-state index in [0.717, 1.165) is 12.6 Å². The van der Waals surface area contributed by atoms with E-state index in [9.17, 15) is 10.1 Å². The average Bonchev–Trinajstić information content (AvgIpc) is 2.47. The highest BCUT2D eigenvalue weighted by atomic mass is 16.6. The molecule has 0 spiro atoms. The van der Waals surface area contributed by atoms with E-state index in [1.807, 2.05) is 6.92 Å². The predicted molar refractivity (Wildman–Crippen MR) is 76.5 cm³/mol. The van der Waals surface area contributed by atoms with Gasteiger partial charge in [-0.2, -0.15) is 4.98 Å². The topological polar surface area (TPSA) is 103 Å². The van der Waals surface area contributed by atoms with Gasteiger partial charge in [0.25, 0.3) is 0 Å². The van der Waals surface area contributed by atoms with Crippen molar-refractivity contribution in [2.45, 2.75) is 20.3 Å². The summed E-state index contributed by atoms with van der Waals surface area (Å²) in [5.41, 5.74) is 0.328. The van der Waals surface area contributed by atoms with Gasteiger partial charge < -0.3 is 10.1 Å². The summed E-state index contributed by atoms with van der Waals surface area (Å²) in [6.45, 7) is 4.41. The minimum Gasteiger partial charge on any atom is -0.432 e. The first kappa shape index (κ1) is 14.6. The number of aryl methyl sites for hydroxylation is 1. The smallest absolute Gasteiger partial charge is 0.349 e. The summed E-state index contributed by atoms with van der Waals surface area (Å²) in [4.78, 5) is 22.5. The third-order valence-corrected chi connectivity index (χ3v) is 2.63. The number of hydrogen-bond donors (Lipinski definition) is 1. The van der Waals surface area contributed by atoms with Crippen LogP contribution in [0.1, 0.15) is 19.0 Å². The molecule has 2 aromatic heterocycles. The zero-order valence-electron chi connectivity index (χ0n) is 11.7. The Labute approximate surface area is 121 Å². The highest BCUT2D eigenvalue weighted by Crippen LogP contribution is 2.30. The zero-order chi connectivity index (χ0) is 15.2. The molecule has 8 nitrogen and oxygen atoms in total. The fourth-order valence-electron chi connectivity index (χ4n) is 1.56. The van der Waals surface area contributed by atoms with Crippen LogP contribution < -0.4 is 10.1 Å². The van der Waals surface area contributed by atoms with Crippen LogP contribution >= 0.6 is 0 Å². The van der Waals surface area contributed by atoms with Crippen molar-refractivity contribution in [2.75, 3.05) is 11.9 Å². The molecule has 8 heteroatoms. The first-order valence-electron chi connectivity index (χ1n) is 6.46. The second-order valence-electron chi connectivity index (χ2n) is 4.26. The molecule has 0 fully saturated rings. The lowest BCUT2D eigenvalue weighted by molar-refractivity contribution is -0.386. The SMILES string of the molecule is CCCNc1ncc([N+](=O)[O-])c(Oc2cccnc2C)n1. The van der Waals surface area contributed by atoms with Crippen molar-refractivity contribution < 1.29 is 9.66 Å². The maximum Gasteiger partial charge on any atom is 0.349 e. The molecule has 2 aromatic rings. The van der Waals surface area contributed by atoms with Gasteiger partial charge in [0, 0.05) is 12.7 Å². The lowest BCUT2D eigenvalue weighted by Gasteiger charge is -2.08. The van der Waals surface area contributed by atoms with Gasteiger partial charge in [0.1, 0.15) is 6.20 Å². The van der Waals surface area contributed by atoms with E-state index < -0.39 is 4.92 Å². The van der Waals surface area contributed by atoms with E-state index in [-0.39, 0.29) is 11.6 Å². The van der Waals surface area contributed by atoms with E-state index in [0.29, 0.717) is 23.9 Å². The molecular formula is C13H15N5O3. The van der Waals surface area contributed by atoms with Gasteiger partial charge in [-0.25, -0.2) is 4.98 Å². The van der Waals surface area contributed by atoms with Crippen molar-refractivity contribution in [1.82, 2.24) is 15.0 Å². The summed E-state index contributed by atoms with van der Waals surface area (Å²) in [7, 11) is 0. The van der Waals surface area contributed by atoms with Crippen LogP contribution in [0.4, 0.5) is 11.6 Å². The number of nitrogens with zero attached hydrogens (tertiary/aromatic N) is 4. The zero-order valence-corrected chi connectivity index (χ0v) is 11.7. The highest BCUT2D eigenvalue weighted by molar-refractivity contribution is 5.45. The van der Waals surface area contributed by atoms with Crippen molar-refractivity contribution >= 4 is 11.6 Å². The molecule has 21 heavy (non-hydrogen) atoms. The Balaban J connectivity index is 2.34. The summed E-state index contributed by atoms with van der Waals surface area (Å²) in [5.74, 6) is 0.601. The van der Waals surface area contributed by atoms with Gasteiger partial charge in [-0.15, -0.1) is 0 Å². The monoisotopic (exact) mass is 289 g/mol. The largest absolute Gasteiger partial charge is 0.432 e. The Morgan fingerprint density at radius 1 is 1.43 bits per heavy atom. The second kappa shape index (κ2) is 6.60. The minimum absolute atomic E-state index is 0.107. The Morgan fingerprint density at radius 3 is 2.90 bits per heavy atom. The van der Waals surface area contributed by atoms with Crippen LogP contribution in [-0.4, -0.2) is 26.4 Å². The molecule has 0 saturated heterocycles. The molecule has 0 saturated carbocycles. The quantitative estimate of drug-likeness (QED) is 0.644. The first-order valence-corrected chi connectivity index (χ1v) is 6.46. The lowest BCUT2D eigenvalue weighted by atomic mass is 10.3. The van der Waals surface area contributed by atoms with Gasteiger partial charge >= 0.3 is 11.6 Å². The van der Waals surface area contributed by atoms with E-state index in [4.69, 9.17) is 4.74 Å². The van der Waals surface area contributed by atoms with Crippen LogP contribution in [0.15, 0.2) is 24.5 Å². The van der Waals surface area contributed by atoms with Crippen molar-refractivity contribution in [3.05, 3.63) is 40.3 Å². The molecule has 0 amide bonds. The van der Waals surface area contributed by atoms with E-state index >= 15 is 0 Å². The molecule has 0 aromatic carbocycles. The number of aromatic nitrogens is 3. The molecule has 1 N–H and O–H groups in total. The number of rotatable bonds is 6. The van der Waals surface area contributed by atoms with E-state index in [1.165, 1.54) is 0 Å². The predicted octanol–water partition coefficient (Wildman–Crippen LogP) is 2.70. The van der Waals surface area contributed by atoms with Crippen LogP contribution in [0.2, 0.25) is 0 Å². The Morgan fingerprint density at radius 2 is 2.24 bits per heavy atom. The lowest BCUT2D eigenvalue weighted by Crippen LogP contribution is -2.06. The molecule has 2 heterocycles. The highest BCUT2D eigenvalue weighted by Gasteiger charge is 2.20. The molecule has 0 radical (unpaired) electrons. The number of nitrogens with one attached hydrogen (secondary N) is 1. The van der Waals surface area contributed by atoms with Gasteiger partial charge in [0.15, 0.2) is 5.75 Å². The molecule has 0 aliphatic heterocycles. The summed E-state index contributed by atoms with van der Waals surface area (Å²) in [6.07, 6.45) is 3.63. The van der Waals surface area contributed by atoms with Crippen molar-refractivity contribution in [3.63, 3.8) is 0 Å². The van der Waals surface area contributed by atoms with E-state index in [1.54, 1.807) is 25.3 Å². The minimum atomic E-state index is -0.579. The van der Waals surface area contributed by atoms with Gasteiger partial charge in [-0.05, 0) is 25.5 Å². The van der Waals surface area contributed by atoms with Crippen LogP contribution in [0, 0.1) is 17.0 Å². The molecule has 110 valence electrons. The number of hydrogen-bond acceptors (Lipinski definition) is 7. The molecule has 0 bridgehead atoms. The summed E-state index contributed by atoms with van der Waals surface area (Å²) in [6, 6.07) is 3.36. The van der Waals surface area contributed by atoms with Crippen molar-refractivity contribution in [2.24, 2.45) is 0 Å². The number of ether oxygens (including phenoxy) is 1. The van der Waals surface area contributed by atoms with Gasteiger partial charge in [-0.3, -0.25) is 15.1 Å². The number of pyridine rings is 1. The molecule has 0 aliphatic rings. The number of nitro groups is 1. The molecule has 2 rings (SSSR count). The molecule has 0 atom stereocenters. The molecule has 0 unspecified atom stereocenters. The van der Waals surface area contributed by atoms with Gasteiger partial charge in [-0.1, -0.05) is 6.92 Å². The maximum atomic E-state index is 11.0. The maximum absolute atomic E-state index is 11.0. The Kier molecular flexibility index (Phi) is 4.60. The average molecular weight is 289 g/mol. The fourth-order valence-corrected chi connectivity index (χ4v) is 1.56. The molecule has 0 aliphatic carbocycles. The Bertz CT molecular complexity index is 647. The third kappa shape index (κ3) is 3.62. The van der Waals surface area contributed by atoms with Crippen LogP contribution in [0.3, 0.4) is 0 Å². The summed E-state index contributed by atoms with van der Waals surface area (Å²) < 4.78 is 5.53. The van der Waals surface area contributed by atoms with Crippen LogP contribution in [0.25, 0.3) is 0 Å². The van der Waals surface area contributed by atoms with Crippen molar-refractivity contribution in [1.29, 1.82) is 0 Å². The normalized spacial score (nSPS) is 10.2. The molecular weight excluding hydrogens is 274 g/mol. The number of anilines is 1. The van der Waals surface area contributed by atoms with Crippen LogP contribution in [0.5, 0.6) is 11.6 Å². The van der Waals surface area contributed by atoms with E-state index in [2.05, 4.69) is 20.3 Å². The van der Waals surface area contributed by atoms with Gasteiger partial charge in [0.05, 0.1) is 10.6 Å². The third-order valence-electron chi connectivity index (χ3n) is 2.63. The first-order chi connectivity index (χ1) is 10.1. The summed E-state index contributed by atoms with van der Waals surface area (Å²) >= 11 is 0. The van der Waals surface area contributed by atoms with Crippen LogP contribution in [-0.2, 0) is 0 Å². The Hall–Kier alpha value is -2.77. The van der Waals surface area contributed by atoms with Gasteiger partial charge in [0.2, 0.25) is 5.95 Å². The standard InChI is InChI=1S/C13H15N5O3/c1-3-6-15-13-16-8-10(18(19)20)12(17-13)21-11-5-4-7-14-9(11)2/h4-5,7-8H,3,6H2,1-2H3,(H,15,16,17). The second-order valence-corrected chi connectivity index (χ2v) is 4.26. The fraction of sp³-hybridized carbons (Fsp3) is 0.308. The van der Waals surface area contributed by atoms with Crippen molar-refractivity contribution in [3.8, 4) is 11.6 Å². The summed E-state index contributed by atoms with van der Waals surface area (Å²) in [5, 5.41) is 14.0.